The zero-order valence-electron chi connectivity index (χ0n) is 14.7. The highest BCUT2D eigenvalue weighted by molar-refractivity contribution is 5.79. The Morgan fingerprint density at radius 3 is 2.55 bits per heavy atom. The Kier molecular flexibility index (Phi) is 6.47. The molecule has 0 aromatic rings. The summed E-state index contributed by atoms with van der Waals surface area (Å²) in [6.07, 6.45) is 2.58. The third kappa shape index (κ3) is 4.83. The van der Waals surface area contributed by atoms with Gasteiger partial charge in [-0.2, -0.15) is 0 Å². The van der Waals surface area contributed by atoms with Gasteiger partial charge in [0.1, 0.15) is 0 Å². The fourth-order valence-electron chi connectivity index (χ4n) is 3.25. The van der Waals surface area contributed by atoms with Crippen LogP contribution in [0.15, 0.2) is 4.99 Å². The number of hydrogen-bond acceptors (Lipinski definition) is 4. The molecule has 0 amide bonds. The number of rotatable bonds is 5. The number of nitrogens with one attached hydrogen (secondary N) is 2. The zero-order chi connectivity index (χ0) is 16.0. The Labute approximate surface area is 135 Å². The van der Waals surface area contributed by atoms with Crippen LogP contribution in [0.3, 0.4) is 0 Å². The zero-order valence-corrected chi connectivity index (χ0v) is 14.7. The fourth-order valence-corrected chi connectivity index (χ4v) is 3.25. The van der Waals surface area contributed by atoms with Crippen molar-refractivity contribution >= 4 is 5.96 Å². The predicted molar refractivity (Wildman–Crippen MR) is 91.5 cm³/mol. The van der Waals surface area contributed by atoms with Gasteiger partial charge < -0.3 is 20.3 Å². The van der Waals surface area contributed by atoms with E-state index in [2.05, 4.69) is 46.3 Å². The second-order valence-corrected chi connectivity index (χ2v) is 7.00. The van der Waals surface area contributed by atoms with Gasteiger partial charge in [0.15, 0.2) is 5.96 Å². The minimum absolute atomic E-state index is 0.103. The van der Waals surface area contributed by atoms with Gasteiger partial charge in [0.05, 0.1) is 13.2 Å². The number of aliphatic imine (C=N–C) groups is 1. The van der Waals surface area contributed by atoms with E-state index in [1.165, 1.54) is 19.4 Å². The van der Waals surface area contributed by atoms with Crippen molar-refractivity contribution in [2.75, 3.05) is 60.0 Å². The number of nitrogens with zero attached hydrogens (tertiary/aromatic N) is 3. The SMILES string of the molecule is CN=C(NCC1CCCN1C)NCC(C)(C)N1CCOCC1. The van der Waals surface area contributed by atoms with Crippen molar-refractivity contribution in [3.05, 3.63) is 0 Å². The maximum atomic E-state index is 5.44. The van der Waals surface area contributed by atoms with Crippen molar-refractivity contribution in [2.24, 2.45) is 4.99 Å². The van der Waals surface area contributed by atoms with Crippen LogP contribution in [0.25, 0.3) is 0 Å². The number of hydrogen-bond donors (Lipinski definition) is 2. The molecule has 0 radical (unpaired) electrons. The van der Waals surface area contributed by atoms with Gasteiger partial charge in [-0.1, -0.05) is 0 Å². The first kappa shape index (κ1) is 17.5. The summed E-state index contributed by atoms with van der Waals surface area (Å²) in [5, 5.41) is 6.95. The Balaban J connectivity index is 1.75. The first-order valence-corrected chi connectivity index (χ1v) is 8.50. The summed E-state index contributed by atoms with van der Waals surface area (Å²) < 4.78 is 5.44. The molecular formula is C16H33N5O. The maximum Gasteiger partial charge on any atom is 0.191 e. The number of guanidine groups is 1. The lowest BCUT2D eigenvalue weighted by Crippen LogP contribution is -2.57. The predicted octanol–water partition coefficient (Wildman–Crippen LogP) is 0.356. The average Bonchev–Trinajstić information content (AvgIpc) is 2.93. The van der Waals surface area contributed by atoms with E-state index in [4.69, 9.17) is 4.74 Å². The highest BCUT2D eigenvalue weighted by atomic mass is 16.5. The number of morpholine rings is 1. The number of ether oxygens (including phenoxy) is 1. The van der Waals surface area contributed by atoms with E-state index in [-0.39, 0.29) is 5.54 Å². The molecule has 2 saturated heterocycles. The van der Waals surface area contributed by atoms with Crippen molar-refractivity contribution in [1.29, 1.82) is 0 Å². The molecule has 1 atom stereocenters. The molecule has 6 heteroatoms. The number of likely N-dealkylation sites (tertiary alicyclic amines) is 1. The largest absolute Gasteiger partial charge is 0.379 e. The summed E-state index contributed by atoms with van der Waals surface area (Å²) in [6, 6.07) is 0.630. The molecule has 0 aromatic heterocycles. The summed E-state index contributed by atoms with van der Waals surface area (Å²) in [7, 11) is 4.05. The smallest absolute Gasteiger partial charge is 0.191 e. The van der Waals surface area contributed by atoms with Crippen LogP contribution in [0, 0.1) is 0 Å². The second-order valence-electron chi connectivity index (χ2n) is 7.00. The summed E-state index contributed by atoms with van der Waals surface area (Å²) in [5.41, 5.74) is 0.103. The van der Waals surface area contributed by atoms with Gasteiger partial charge in [-0.25, -0.2) is 0 Å². The lowest BCUT2D eigenvalue weighted by atomic mass is 10.0. The molecule has 2 rings (SSSR count). The lowest BCUT2D eigenvalue weighted by Gasteiger charge is -2.41. The molecule has 22 heavy (non-hydrogen) atoms. The van der Waals surface area contributed by atoms with Gasteiger partial charge in [0, 0.05) is 44.8 Å². The van der Waals surface area contributed by atoms with Crippen LogP contribution in [0.2, 0.25) is 0 Å². The van der Waals surface area contributed by atoms with E-state index in [1.54, 1.807) is 0 Å². The van der Waals surface area contributed by atoms with Crippen LogP contribution < -0.4 is 10.6 Å². The van der Waals surface area contributed by atoms with E-state index in [1.807, 2.05) is 7.05 Å². The molecular weight excluding hydrogens is 278 g/mol. The third-order valence-electron chi connectivity index (χ3n) is 4.96. The highest BCUT2D eigenvalue weighted by Gasteiger charge is 2.28. The quantitative estimate of drug-likeness (QED) is 0.567. The van der Waals surface area contributed by atoms with E-state index in [0.717, 1.165) is 45.4 Å². The first-order valence-electron chi connectivity index (χ1n) is 8.50. The minimum atomic E-state index is 0.103. The van der Waals surface area contributed by atoms with E-state index in [9.17, 15) is 0 Å². The molecule has 2 fully saturated rings. The third-order valence-corrected chi connectivity index (χ3v) is 4.96. The van der Waals surface area contributed by atoms with Crippen LogP contribution in [0.1, 0.15) is 26.7 Å². The van der Waals surface area contributed by atoms with Gasteiger partial charge in [-0.05, 0) is 40.3 Å². The van der Waals surface area contributed by atoms with Crippen LogP contribution in [0.4, 0.5) is 0 Å². The van der Waals surface area contributed by atoms with Crippen molar-refractivity contribution in [3.8, 4) is 0 Å². The fraction of sp³-hybridized carbons (Fsp3) is 0.938. The van der Waals surface area contributed by atoms with Crippen LogP contribution >= 0.6 is 0 Å². The Hall–Kier alpha value is -0.850. The monoisotopic (exact) mass is 311 g/mol. The summed E-state index contributed by atoms with van der Waals surface area (Å²) in [6.45, 7) is 11.3. The maximum absolute atomic E-state index is 5.44. The van der Waals surface area contributed by atoms with Gasteiger partial charge in [-0.3, -0.25) is 9.89 Å². The Morgan fingerprint density at radius 2 is 1.95 bits per heavy atom. The lowest BCUT2D eigenvalue weighted by molar-refractivity contribution is -0.00834. The molecule has 2 aliphatic heterocycles. The molecule has 128 valence electrons. The van der Waals surface area contributed by atoms with E-state index in [0.29, 0.717) is 6.04 Å². The highest BCUT2D eigenvalue weighted by Crippen LogP contribution is 2.15. The van der Waals surface area contributed by atoms with Crippen molar-refractivity contribution in [2.45, 2.75) is 38.3 Å². The van der Waals surface area contributed by atoms with Gasteiger partial charge in [0.2, 0.25) is 0 Å². The molecule has 0 saturated carbocycles. The van der Waals surface area contributed by atoms with Crippen molar-refractivity contribution < 1.29 is 4.74 Å². The van der Waals surface area contributed by atoms with Crippen molar-refractivity contribution in [1.82, 2.24) is 20.4 Å². The van der Waals surface area contributed by atoms with Gasteiger partial charge in [0.25, 0.3) is 0 Å². The number of likely N-dealkylation sites (N-methyl/N-ethyl adjacent to an activating group) is 1. The van der Waals surface area contributed by atoms with Gasteiger partial charge >= 0.3 is 0 Å². The summed E-state index contributed by atoms with van der Waals surface area (Å²) >= 11 is 0. The van der Waals surface area contributed by atoms with Crippen molar-refractivity contribution in [3.63, 3.8) is 0 Å². The van der Waals surface area contributed by atoms with Crippen LogP contribution in [0.5, 0.6) is 0 Å². The molecule has 0 spiro atoms. The topological polar surface area (TPSA) is 52.1 Å². The molecule has 2 N–H and O–H groups in total. The van der Waals surface area contributed by atoms with Crippen LogP contribution in [-0.2, 0) is 4.74 Å². The standard InChI is InChI=1S/C16H33N5O/c1-16(2,21-8-10-22-11-9-21)13-19-15(17-3)18-12-14-6-5-7-20(14)4/h14H,5-13H2,1-4H3,(H2,17,18,19). The normalized spacial score (nSPS) is 25.5. The Bertz CT molecular complexity index is 366. The summed E-state index contributed by atoms with van der Waals surface area (Å²) in [4.78, 5) is 9.27. The second kappa shape index (κ2) is 8.13. The summed E-state index contributed by atoms with van der Waals surface area (Å²) in [5.74, 6) is 0.904. The molecule has 0 aromatic carbocycles. The minimum Gasteiger partial charge on any atom is -0.379 e. The van der Waals surface area contributed by atoms with Crippen LogP contribution in [-0.4, -0.2) is 87.4 Å². The Morgan fingerprint density at radius 1 is 1.23 bits per heavy atom. The molecule has 2 aliphatic rings. The van der Waals surface area contributed by atoms with Gasteiger partial charge in [-0.15, -0.1) is 0 Å². The molecule has 0 aliphatic carbocycles. The molecule has 6 nitrogen and oxygen atoms in total. The molecule has 1 unspecified atom stereocenters. The molecule has 2 heterocycles. The molecule has 0 bridgehead atoms. The first-order chi connectivity index (χ1) is 10.5. The van der Waals surface area contributed by atoms with E-state index >= 15 is 0 Å². The van der Waals surface area contributed by atoms with E-state index < -0.39 is 0 Å². The average molecular weight is 311 g/mol.